The number of anilines is 1. The van der Waals surface area contributed by atoms with Crippen molar-refractivity contribution in [3.05, 3.63) is 90.0 Å². The fraction of sp³-hybridized carbons (Fsp3) is 0.321. The highest BCUT2D eigenvalue weighted by molar-refractivity contribution is 7.99. The van der Waals surface area contributed by atoms with Gasteiger partial charge in [-0.05, 0) is 41.8 Å². The average molecular weight is 477 g/mol. The van der Waals surface area contributed by atoms with Crippen LogP contribution in [0.4, 0.5) is 5.69 Å². The van der Waals surface area contributed by atoms with Gasteiger partial charge in [0.15, 0.2) is 0 Å². The molecule has 0 radical (unpaired) electrons. The maximum atomic E-state index is 11.9. The van der Waals surface area contributed by atoms with Crippen LogP contribution in [0, 0.1) is 0 Å². The molecule has 0 aromatic heterocycles. The van der Waals surface area contributed by atoms with E-state index in [1.807, 2.05) is 78.2 Å². The van der Waals surface area contributed by atoms with Gasteiger partial charge >= 0.3 is 5.97 Å². The van der Waals surface area contributed by atoms with Crippen molar-refractivity contribution in [2.45, 2.75) is 37.4 Å². The monoisotopic (exact) mass is 476 g/mol. The van der Waals surface area contributed by atoms with E-state index in [1.54, 1.807) is 0 Å². The van der Waals surface area contributed by atoms with Gasteiger partial charge in [-0.2, -0.15) is 0 Å². The van der Waals surface area contributed by atoms with Gasteiger partial charge in [0.2, 0.25) is 0 Å². The lowest BCUT2D eigenvalue weighted by Crippen LogP contribution is -2.39. The van der Waals surface area contributed by atoms with Crippen LogP contribution >= 0.6 is 11.8 Å². The standard InChI is InChI=1S/C28H32N2O3S/c1-2-25(28(31)32)30(20-22-8-4-3-5-9-22)21-23-12-14-24(15-13-23)33-18-16-29-17-19-34-27-11-7-6-10-26(27)29/h3-15,25H,2,16-21H2,1H3,(H,31,32). The number of ether oxygens (including phenoxy) is 1. The Morgan fingerprint density at radius 2 is 1.68 bits per heavy atom. The molecule has 0 saturated carbocycles. The molecule has 0 saturated heterocycles. The van der Waals surface area contributed by atoms with Gasteiger partial charge < -0.3 is 14.7 Å². The molecule has 0 spiro atoms. The number of hydrogen-bond donors (Lipinski definition) is 1. The molecule has 4 rings (SSSR count). The van der Waals surface area contributed by atoms with E-state index in [2.05, 4.69) is 29.2 Å². The Kier molecular flexibility index (Phi) is 8.50. The predicted molar refractivity (Wildman–Crippen MR) is 139 cm³/mol. The third kappa shape index (κ3) is 6.33. The molecule has 178 valence electrons. The van der Waals surface area contributed by atoms with Crippen LogP contribution < -0.4 is 9.64 Å². The van der Waals surface area contributed by atoms with Crippen molar-refractivity contribution in [1.29, 1.82) is 0 Å². The van der Waals surface area contributed by atoms with E-state index in [1.165, 1.54) is 10.6 Å². The minimum atomic E-state index is -0.781. The van der Waals surface area contributed by atoms with E-state index in [0.717, 1.165) is 35.7 Å². The van der Waals surface area contributed by atoms with Crippen molar-refractivity contribution in [2.24, 2.45) is 0 Å². The zero-order valence-corrected chi connectivity index (χ0v) is 20.4. The molecule has 0 bridgehead atoms. The molecule has 1 unspecified atom stereocenters. The third-order valence-electron chi connectivity index (χ3n) is 6.10. The Morgan fingerprint density at radius 1 is 1.00 bits per heavy atom. The van der Waals surface area contributed by atoms with Gasteiger partial charge in [-0.15, -0.1) is 11.8 Å². The number of aliphatic carboxylic acids is 1. The molecule has 0 aliphatic carbocycles. The highest BCUT2D eigenvalue weighted by atomic mass is 32.2. The second kappa shape index (κ2) is 12.0. The number of rotatable bonds is 11. The van der Waals surface area contributed by atoms with Crippen molar-refractivity contribution < 1.29 is 14.6 Å². The normalized spacial score (nSPS) is 14.0. The van der Waals surface area contributed by atoms with Gasteiger partial charge in [-0.25, -0.2) is 0 Å². The summed E-state index contributed by atoms with van der Waals surface area (Å²) in [5.74, 6) is 1.15. The molecule has 1 heterocycles. The first-order chi connectivity index (χ1) is 16.6. The maximum absolute atomic E-state index is 11.9. The minimum Gasteiger partial charge on any atom is -0.492 e. The second-order valence-corrected chi connectivity index (χ2v) is 9.59. The van der Waals surface area contributed by atoms with Crippen molar-refractivity contribution >= 4 is 23.4 Å². The zero-order valence-electron chi connectivity index (χ0n) is 19.6. The summed E-state index contributed by atoms with van der Waals surface area (Å²) in [6, 6.07) is 26.1. The number of carboxylic acids is 1. The Morgan fingerprint density at radius 3 is 2.38 bits per heavy atom. The molecule has 34 heavy (non-hydrogen) atoms. The Bertz CT molecular complexity index is 1060. The molecular formula is C28H32N2O3S. The molecule has 6 heteroatoms. The fourth-order valence-corrected chi connectivity index (χ4v) is 5.39. The van der Waals surface area contributed by atoms with E-state index in [4.69, 9.17) is 4.74 Å². The van der Waals surface area contributed by atoms with Gasteiger partial charge in [0.1, 0.15) is 18.4 Å². The first-order valence-corrected chi connectivity index (χ1v) is 12.8. The second-order valence-electron chi connectivity index (χ2n) is 8.45. The van der Waals surface area contributed by atoms with Crippen LogP contribution in [0.2, 0.25) is 0 Å². The van der Waals surface area contributed by atoms with Crippen LogP contribution in [0.3, 0.4) is 0 Å². The summed E-state index contributed by atoms with van der Waals surface area (Å²) in [6.45, 7) is 5.59. The van der Waals surface area contributed by atoms with E-state index in [-0.39, 0.29) is 0 Å². The fourth-order valence-electron chi connectivity index (χ4n) is 4.34. The number of benzene rings is 3. The number of nitrogens with zero attached hydrogens (tertiary/aromatic N) is 2. The van der Waals surface area contributed by atoms with Crippen LogP contribution in [-0.4, -0.2) is 47.5 Å². The van der Waals surface area contributed by atoms with Gasteiger partial charge in [0.25, 0.3) is 0 Å². The van der Waals surface area contributed by atoms with E-state index < -0.39 is 12.0 Å². The highest BCUT2D eigenvalue weighted by Crippen LogP contribution is 2.34. The summed E-state index contributed by atoms with van der Waals surface area (Å²) in [6.07, 6.45) is 0.557. The van der Waals surface area contributed by atoms with Crippen molar-refractivity contribution in [1.82, 2.24) is 4.90 Å². The summed E-state index contributed by atoms with van der Waals surface area (Å²) in [4.78, 5) is 17.6. The predicted octanol–water partition coefficient (Wildman–Crippen LogP) is 5.54. The lowest BCUT2D eigenvalue weighted by Gasteiger charge is -2.30. The summed E-state index contributed by atoms with van der Waals surface area (Å²) in [7, 11) is 0. The van der Waals surface area contributed by atoms with Crippen LogP contribution in [0.1, 0.15) is 24.5 Å². The molecule has 1 atom stereocenters. The molecule has 1 N–H and O–H groups in total. The minimum absolute atomic E-state index is 0.526. The van der Waals surface area contributed by atoms with Crippen molar-refractivity contribution in [2.75, 3.05) is 30.3 Å². The smallest absolute Gasteiger partial charge is 0.320 e. The van der Waals surface area contributed by atoms with Crippen LogP contribution in [0.15, 0.2) is 83.8 Å². The Balaban J connectivity index is 1.35. The molecule has 1 aliphatic rings. The molecule has 3 aromatic carbocycles. The topological polar surface area (TPSA) is 53.0 Å². The lowest BCUT2D eigenvalue weighted by molar-refractivity contribution is -0.144. The van der Waals surface area contributed by atoms with Gasteiger partial charge in [-0.3, -0.25) is 9.69 Å². The number of carbonyl (C=O) groups is 1. The van der Waals surface area contributed by atoms with Crippen LogP contribution in [0.5, 0.6) is 5.75 Å². The number of hydrogen-bond acceptors (Lipinski definition) is 5. The Hall–Kier alpha value is -2.96. The quantitative estimate of drug-likeness (QED) is 0.392. The highest BCUT2D eigenvalue weighted by Gasteiger charge is 2.24. The molecular weight excluding hydrogens is 444 g/mol. The maximum Gasteiger partial charge on any atom is 0.320 e. The number of para-hydroxylation sites is 1. The first-order valence-electron chi connectivity index (χ1n) is 11.8. The van der Waals surface area contributed by atoms with E-state index in [9.17, 15) is 9.90 Å². The summed E-state index contributed by atoms with van der Waals surface area (Å²) >= 11 is 1.91. The SMILES string of the molecule is CCC(C(=O)O)N(Cc1ccccc1)Cc1ccc(OCCN2CCSc3ccccc32)cc1. The van der Waals surface area contributed by atoms with Crippen LogP contribution in [0.25, 0.3) is 0 Å². The number of carboxylic acid groups (broad SMARTS) is 1. The lowest BCUT2D eigenvalue weighted by atomic mass is 10.1. The first kappa shape index (κ1) is 24.2. The average Bonchev–Trinajstić information content (AvgIpc) is 2.86. The number of thioether (sulfide) groups is 1. The molecule has 5 nitrogen and oxygen atoms in total. The van der Waals surface area contributed by atoms with E-state index >= 15 is 0 Å². The van der Waals surface area contributed by atoms with Crippen LogP contribution in [-0.2, 0) is 17.9 Å². The summed E-state index contributed by atoms with van der Waals surface area (Å²) in [5.41, 5.74) is 3.48. The van der Waals surface area contributed by atoms with Gasteiger partial charge in [-0.1, -0.05) is 61.5 Å². The molecule has 0 amide bonds. The molecule has 1 aliphatic heterocycles. The molecule has 3 aromatic rings. The summed E-state index contributed by atoms with van der Waals surface area (Å²) in [5, 5.41) is 9.74. The zero-order chi connectivity index (χ0) is 23.8. The number of fused-ring (bicyclic) bond motifs is 1. The van der Waals surface area contributed by atoms with E-state index in [0.29, 0.717) is 26.1 Å². The summed E-state index contributed by atoms with van der Waals surface area (Å²) < 4.78 is 6.03. The third-order valence-corrected chi connectivity index (χ3v) is 7.15. The van der Waals surface area contributed by atoms with Crippen molar-refractivity contribution in [3.8, 4) is 5.75 Å². The van der Waals surface area contributed by atoms with Crippen molar-refractivity contribution in [3.63, 3.8) is 0 Å². The largest absolute Gasteiger partial charge is 0.492 e. The van der Waals surface area contributed by atoms with Gasteiger partial charge in [0.05, 0.1) is 12.2 Å². The van der Waals surface area contributed by atoms with Gasteiger partial charge in [0, 0.05) is 30.3 Å². The molecule has 0 fully saturated rings. The Labute approximate surface area is 206 Å².